The Morgan fingerprint density at radius 3 is 2.88 bits per heavy atom. The number of carbonyl (C=O) groups excluding carboxylic acids is 1. The number of rotatable bonds is 8. The minimum Gasteiger partial charge on any atom is -0.481 e. The van der Waals surface area contributed by atoms with Crippen molar-refractivity contribution in [1.82, 2.24) is 5.32 Å². The van der Waals surface area contributed by atoms with Crippen LogP contribution >= 0.6 is 15.9 Å². The van der Waals surface area contributed by atoms with Gasteiger partial charge in [0.25, 0.3) is 0 Å². The van der Waals surface area contributed by atoms with Crippen molar-refractivity contribution < 1.29 is 19.4 Å². The van der Waals surface area contributed by atoms with E-state index in [1.807, 2.05) is 24.3 Å². The van der Waals surface area contributed by atoms with Crippen LogP contribution < -0.4 is 5.32 Å². The molecule has 1 aromatic carbocycles. The van der Waals surface area contributed by atoms with Gasteiger partial charge < -0.3 is 15.2 Å². The van der Waals surface area contributed by atoms with Crippen LogP contribution in [0.5, 0.6) is 0 Å². The molecule has 3 atom stereocenters. The predicted molar refractivity (Wildman–Crippen MR) is 94.7 cm³/mol. The van der Waals surface area contributed by atoms with Gasteiger partial charge in [0.2, 0.25) is 5.91 Å². The number of amides is 1. The number of nitrogens with one attached hydrogen (secondary N) is 1. The van der Waals surface area contributed by atoms with Crippen LogP contribution in [0.25, 0.3) is 0 Å². The van der Waals surface area contributed by atoms with Crippen LogP contribution in [0.4, 0.5) is 0 Å². The summed E-state index contributed by atoms with van der Waals surface area (Å²) in [5.41, 5.74) is 1.07. The van der Waals surface area contributed by atoms with Crippen LogP contribution in [0.3, 0.4) is 0 Å². The van der Waals surface area contributed by atoms with Gasteiger partial charge in [0.05, 0.1) is 5.92 Å². The van der Waals surface area contributed by atoms with Gasteiger partial charge in [-0.1, -0.05) is 34.5 Å². The van der Waals surface area contributed by atoms with Crippen LogP contribution in [0, 0.1) is 11.8 Å². The van der Waals surface area contributed by atoms with Crippen molar-refractivity contribution in [3.63, 3.8) is 0 Å². The van der Waals surface area contributed by atoms with E-state index in [0.29, 0.717) is 25.9 Å². The largest absolute Gasteiger partial charge is 0.481 e. The van der Waals surface area contributed by atoms with E-state index >= 15 is 0 Å². The first-order valence-electron chi connectivity index (χ1n) is 8.28. The van der Waals surface area contributed by atoms with Gasteiger partial charge in [0, 0.05) is 30.1 Å². The number of carbonyl (C=O) groups is 2. The second kappa shape index (κ2) is 9.18. The average Bonchev–Trinajstić information content (AvgIpc) is 2.99. The van der Waals surface area contributed by atoms with E-state index in [4.69, 9.17) is 4.74 Å². The van der Waals surface area contributed by atoms with Crippen molar-refractivity contribution in [2.45, 2.75) is 38.1 Å². The minimum atomic E-state index is -0.821. The van der Waals surface area contributed by atoms with Gasteiger partial charge in [0.15, 0.2) is 0 Å². The third kappa shape index (κ3) is 5.31. The van der Waals surface area contributed by atoms with E-state index in [9.17, 15) is 14.7 Å². The maximum atomic E-state index is 12.7. The molecule has 5 nitrogen and oxygen atoms in total. The molecule has 0 saturated heterocycles. The summed E-state index contributed by atoms with van der Waals surface area (Å²) in [5.74, 6) is -1.60. The Morgan fingerprint density at radius 2 is 2.21 bits per heavy atom. The number of ether oxygens (including phenoxy) is 1. The number of hydrogen-bond acceptors (Lipinski definition) is 3. The summed E-state index contributed by atoms with van der Waals surface area (Å²) in [6, 6.07) is 7.63. The lowest BCUT2D eigenvalue weighted by Crippen LogP contribution is -2.43. The van der Waals surface area contributed by atoms with E-state index in [0.717, 1.165) is 22.9 Å². The van der Waals surface area contributed by atoms with Gasteiger partial charge in [-0.05, 0) is 43.4 Å². The third-order valence-electron chi connectivity index (χ3n) is 4.57. The Bertz CT molecular complexity index is 578. The molecule has 24 heavy (non-hydrogen) atoms. The van der Waals surface area contributed by atoms with Crippen molar-refractivity contribution in [1.29, 1.82) is 0 Å². The van der Waals surface area contributed by atoms with E-state index in [1.165, 1.54) is 0 Å². The molecule has 0 aliphatic heterocycles. The summed E-state index contributed by atoms with van der Waals surface area (Å²) in [6.45, 7) is 0.499. The highest BCUT2D eigenvalue weighted by Crippen LogP contribution is 2.26. The van der Waals surface area contributed by atoms with Gasteiger partial charge in [-0.15, -0.1) is 0 Å². The fourth-order valence-corrected chi connectivity index (χ4v) is 3.71. The highest BCUT2D eigenvalue weighted by Gasteiger charge is 2.35. The molecule has 6 heteroatoms. The van der Waals surface area contributed by atoms with Crippen molar-refractivity contribution >= 4 is 27.8 Å². The lowest BCUT2D eigenvalue weighted by molar-refractivity contribution is -0.142. The Kier molecular flexibility index (Phi) is 7.24. The SMILES string of the molecule is COCCC(Cc1cccc(Br)c1)C(=O)N[C@@H]1CCC[C@@H]1C(=O)O. The normalized spacial score (nSPS) is 21.4. The number of hydrogen-bond donors (Lipinski definition) is 2. The molecule has 1 aliphatic rings. The van der Waals surface area contributed by atoms with E-state index in [1.54, 1.807) is 7.11 Å². The quantitative estimate of drug-likeness (QED) is 0.706. The molecule has 0 bridgehead atoms. The van der Waals surface area contributed by atoms with Crippen molar-refractivity contribution in [2.24, 2.45) is 11.8 Å². The third-order valence-corrected chi connectivity index (χ3v) is 5.07. The zero-order valence-electron chi connectivity index (χ0n) is 13.8. The Hall–Kier alpha value is -1.40. The Labute approximate surface area is 150 Å². The number of halogens is 1. The molecule has 1 saturated carbocycles. The summed E-state index contributed by atoms with van der Waals surface area (Å²) in [4.78, 5) is 24.0. The van der Waals surface area contributed by atoms with Crippen LogP contribution in [0.2, 0.25) is 0 Å². The molecule has 0 aromatic heterocycles. The smallest absolute Gasteiger partial charge is 0.308 e. The second-order valence-corrected chi connectivity index (χ2v) is 7.22. The molecule has 0 radical (unpaired) electrons. The molecule has 1 fully saturated rings. The fraction of sp³-hybridized carbons (Fsp3) is 0.556. The highest BCUT2D eigenvalue weighted by atomic mass is 79.9. The highest BCUT2D eigenvalue weighted by molar-refractivity contribution is 9.10. The molecule has 132 valence electrons. The Balaban J connectivity index is 2.03. The molecule has 1 amide bonds. The molecular weight excluding hydrogens is 374 g/mol. The van der Waals surface area contributed by atoms with Gasteiger partial charge in [-0.2, -0.15) is 0 Å². The van der Waals surface area contributed by atoms with E-state index in [-0.39, 0.29) is 17.9 Å². The number of aliphatic carboxylic acids is 1. The molecule has 2 rings (SSSR count). The molecule has 1 unspecified atom stereocenters. The number of methoxy groups -OCH3 is 1. The summed E-state index contributed by atoms with van der Waals surface area (Å²) < 4.78 is 6.11. The topological polar surface area (TPSA) is 75.6 Å². The predicted octanol–water partition coefficient (Wildman–Crippen LogP) is 3.01. The van der Waals surface area contributed by atoms with Crippen molar-refractivity contribution in [3.05, 3.63) is 34.3 Å². The first-order chi connectivity index (χ1) is 11.5. The van der Waals surface area contributed by atoms with Crippen molar-refractivity contribution in [3.8, 4) is 0 Å². The average molecular weight is 398 g/mol. The number of benzene rings is 1. The summed E-state index contributed by atoms with van der Waals surface area (Å²) in [6.07, 6.45) is 3.43. The zero-order chi connectivity index (χ0) is 17.5. The lowest BCUT2D eigenvalue weighted by Gasteiger charge is -2.22. The van der Waals surface area contributed by atoms with Crippen LogP contribution in [0.1, 0.15) is 31.2 Å². The summed E-state index contributed by atoms with van der Waals surface area (Å²) >= 11 is 3.45. The first kappa shape index (κ1) is 18.9. The number of carboxylic acid groups (broad SMARTS) is 1. The lowest BCUT2D eigenvalue weighted by atomic mass is 9.94. The van der Waals surface area contributed by atoms with E-state index in [2.05, 4.69) is 21.2 Å². The standard InChI is InChI=1S/C18H24BrNO4/c1-24-9-8-13(10-12-4-2-5-14(19)11-12)17(21)20-16-7-3-6-15(16)18(22)23/h2,4-5,11,13,15-16H,3,6-10H2,1H3,(H,20,21)(H,22,23)/t13?,15-,16+/m0/s1. The monoisotopic (exact) mass is 397 g/mol. The first-order valence-corrected chi connectivity index (χ1v) is 9.07. The molecule has 2 N–H and O–H groups in total. The maximum absolute atomic E-state index is 12.7. The Morgan fingerprint density at radius 1 is 1.42 bits per heavy atom. The van der Waals surface area contributed by atoms with Crippen molar-refractivity contribution in [2.75, 3.05) is 13.7 Å². The maximum Gasteiger partial charge on any atom is 0.308 e. The van der Waals surface area contributed by atoms with E-state index < -0.39 is 11.9 Å². The fourth-order valence-electron chi connectivity index (χ4n) is 3.26. The second-order valence-electron chi connectivity index (χ2n) is 6.30. The van der Waals surface area contributed by atoms with Gasteiger partial charge >= 0.3 is 5.97 Å². The molecule has 0 spiro atoms. The minimum absolute atomic E-state index is 0.0785. The number of carboxylic acids is 1. The molecule has 1 aliphatic carbocycles. The van der Waals surface area contributed by atoms with Crippen LogP contribution in [-0.2, 0) is 20.7 Å². The molecular formula is C18H24BrNO4. The molecule has 0 heterocycles. The zero-order valence-corrected chi connectivity index (χ0v) is 15.4. The van der Waals surface area contributed by atoms with Gasteiger partial charge in [-0.25, -0.2) is 0 Å². The summed E-state index contributed by atoms with van der Waals surface area (Å²) in [7, 11) is 1.62. The van der Waals surface area contributed by atoms with Gasteiger partial charge in [0.1, 0.15) is 0 Å². The van der Waals surface area contributed by atoms with Crippen LogP contribution in [0.15, 0.2) is 28.7 Å². The van der Waals surface area contributed by atoms with Gasteiger partial charge in [-0.3, -0.25) is 9.59 Å². The van der Waals surface area contributed by atoms with Crippen LogP contribution in [-0.4, -0.2) is 36.7 Å². The molecule has 1 aromatic rings. The summed E-state index contributed by atoms with van der Waals surface area (Å²) in [5, 5.41) is 12.2.